The van der Waals surface area contributed by atoms with Gasteiger partial charge in [-0.15, -0.1) is 0 Å². The monoisotopic (exact) mass is 623 g/mol. The average molecular weight is 624 g/mol. The molecule has 0 amide bonds. The molecular formula is C44H25N5. The summed E-state index contributed by atoms with van der Waals surface area (Å²) in [7, 11) is 0. The highest BCUT2D eigenvalue weighted by Gasteiger charge is 2.21. The molecule has 0 unspecified atom stereocenters. The second-order valence-electron chi connectivity index (χ2n) is 12.4. The van der Waals surface area contributed by atoms with Gasteiger partial charge in [0.1, 0.15) is 0 Å². The van der Waals surface area contributed by atoms with Crippen molar-refractivity contribution in [3.8, 4) is 29.2 Å². The van der Waals surface area contributed by atoms with Crippen LogP contribution >= 0.6 is 0 Å². The quantitative estimate of drug-likeness (QED) is 0.197. The minimum atomic E-state index is 0.646. The van der Waals surface area contributed by atoms with Crippen molar-refractivity contribution in [2.75, 3.05) is 0 Å². The van der Waals surface area contributed by atoms with E-state index in [1.54, 1.807) is 0 Å². The van der Waals surface area contributed by atoms with Crippen LogP contribution in [0.4, 0.5) is 0 Å². The van der Waals surface area contributed by atoms with Crippen LogP contribution in [0.25, 0.3) is 82.5 Å². The number of rotatable bonds is 3. The van der Waals surface area contributed by atoms with Gasteiger partial charge in [0.15, 0.2) is 0 Å². The first-order chi connectivity index (χ1) is 24.2. The molecule has 0 fully saturated rings. The van der Waals surface area contributed by atoms with Crippen molar-refractivity contribution in [3.05, 3.63) is 163 Å². The van der Waals surface area contributed by atoms with E-state index in [9.17, 15) is 10.5 Å². The summed E-state index contributed by atoms with van der Waals surface area (Å²) >= 11 is 0. The van der Waals surface area contributed by atoms with Crippen LogP contribution in [0.5, 0.6) is 0 Å². The summed E-state index contributed by atoms with van der Waals surface area (Å²) < 4.78 is 7.00. The molecule has 226 valence electrons. The lowest BCUT2D eigenvalue weighted by molar-refractivity contribution is 1.13. The first-order valence-electron chi connectivity index (χ1n) is 16.2. The van der Waals surface area contributed by atoms with E-state index in [0.717, 1.165) is 82.5 Å². The maximum atomic E-state index is 9.79. The maximum Gasteiger partial charge on any atom is 0.0991 e. The number of hydrogen-bond donors (Lipinski definition) is 0. The van der Waals surface area contributed by atoms with Crippen LogP contribution < -0.4 is 0 Å². The maximum absolute atomic E-state index is 9.79. The standard InChI is InChI=1S/C44H25N5/c45-26-28-17-20-40-36(23-28)33-13-4-6-15-38(33)47(40)31-11-8-12-32(25-31)48-39-16-7-5-14-35(39)43-42(48)22-19-34-37-24-29(27-46)18-21-41(37)49(44(34)43)30-9-2-1-3-10-30/h1-25H. The van der Waals surface area contributed by atoms with E-state index in [0.29, 0.717) is 11.1 Å². The third kappa shape index (κ3) is 3.79. The molecule has 0 N–H and O–H groups in total. The number of benzene rings is 7. The van der Waals surface area contributed by atoms with Gasteiger partial charge in [-0.3, -0.25) is 0 Å². The molecule has 0 aliphatic rings. The van der Waals surface area contributed by atoms with Gasteiger partial charge in [0.05, 0.1) is 56.4 Å². The Kier molecular flexibility index (Phi) is 5.64. The van der Waals surface area contributed by atoms with E-state index in [-0.39, 0.29) is 0 Å². The summed E-state index contributed by atoms with van der Waals surface area (Å²) in [5, 5.41) is 26.1. The summed E-state index contributed by atoms with van der Waals surface area (Å²) in [6.07, 6.45) is 0. The van der Waals surface area contributed by atoms with E-state index >= 15 is 0 Å². The van der Waals surface area contributed by atoms with Gasteiger partial charge in [0, 0.05) is 49.4 Å². The molecule has 7 aromatic carbocycles. The van der Waals surface area contributed by atoms with Gasteiger partial charge in [0.2, 0.25) is 0 Å². The van der Waals surface area contributed by atoms with Gasteiger partial charge in [-0.1, -0.05) is 66.7 Å². The van der Waals surface area contributed by atoms with Gasteiger partial charge in [-0.2, -0.15) is 10.5 Å². The first-order valence-corrected chi connectivity index (χ1v) is 16.2. The fourth-order valence-corrected chi connectivity index (χ4v) is 7.84. The molecule has 0 saturated carbocycles. The molecule has 10 aromatic rings. The van der Waals surface area contributed by atoms with Crippen molar-refractivity contribution in [2.45, 2.75) is 0 Å². The second-order valence-corrected chi connectivity index (χ2v) is 12.4. The molecule has 0 atom stereocenters. The highest BCUT2D eigenvalue weighted by atomic mass is 15.0. The lowest BCUT2D eigenvalue weighted by Gasteiger charge is -2.13. The number of aromatic nitrogens is 3. The van der Waals surface area contributed by atoms with E-state index in [4.69, 9.17) is 0 Å². The van der Waals surface area contributed by atoms with Gasteiger partial charge < -0.3 is 13.7 Å². The molecule has 5 heteroatoms. The Morgan fingerprint density at radius 2 is 0.857 bits per heavy atom. The molecular weight excluding hydrogens is 599 g/mol. The van der Waals surface area contributed by atoms with Crippen LogP contribution in [-0.2, 0) is 0 Å². The molecule has 0 aliphatic carbocycles. The fraction of sp³-hybridized carbons (Fsp3) is 0. The third-order valence-corrected chi connectivity index (χ3v) is 9.85. The van der Waals surface area contributed by atoms with Gasteiger partial charge in [0.25, 0.3) is 0 Å². The molecule has 0 spiro atoms. The predicted octanol–water partition coefficient (Wildman–Crippen LogP) is 10.7. The number of hydrogen-bond acceptors (Lipinski definition) is 2. The molecule has 49 heavy (non-hydrogen) atoms. The second kappa shape index (κ2) is 10.2. The van der Waals surface area contributed by atoms with Crippen LogP contribution in [0.15, 0.2) is 152 Å². The minimum Gasteiger partial charge on any atom is -0.309 e. The molecule has 5 nitrogen and oxygen atoms in total. The Balaban J connectivity index is 1.30. The van der Waals surface area contributed by atoms with Crippen LogP contribution in [0.3, 0.4) is 0 Å². The van der Waals surface area contributed by atoms with E-state index in [2.05, 4.69) is 147 Å². The lowest BCUT2D eigenvalue weighted by Crippen LogP contribution is -1.98. The van der Waals surface area contributed by atoms with Crippen molar-refractivity contribution in [1.29, 1.82) is 10.5 Å². The zero-order chi connectivity index (χ0) is 32.6. The molecule has 3 heterocycles. The van der Waals surface area contributed by atoms with Gasteiger partial charge in [-0.05, 0) is 84.9 Å². The Morgan fingerprint density at radius 1 is 0.347 bits per heavy atom. The third-order valence-electron chi connectivity index (χ3n) is 9.85. The van der Waals surface area contributed by atoms with Crippen molar-refractivity contribution < 1.29 is 0 Å². The van der Waals surface area contributed by atoms with Crippen LogP contribution in [0.1, 0.15) is 11.1 Å². The topological polar surface area (TPSA) is 62.4 Å². The normalized spacial score (nSPS) is 11.6. The fourth-order valence-electron chi connectivity index (χ4n) is 7.84. The largest absolute Gasteiger partial charge is 0.309 e. The number of nitrogens with zero attached hydrogens (tertiary/aromatic N) is 5. The summed E-state index contributed by atoms with van der Waals surface area (Å²) in [4.78, 5) is 0. The number of fused-ring (bicyclic) bond motifs is 10. The number of para-hydroxylation sites is 3. The van der Waals surface area contributed by atoms with Gasteiger partial charge >= 0.3 is 0 Å². The smallest absolute Gasteiger partial charge is 0.0991 e. The molecule has 3 aromatic heterocycles. The molecule has 10 rings (SSSR count). The SMILES string of the molecule is N#Cc1ccc2c(c1)c1ccccc1n2-c1cccc(-n2c3ccccc3c3c2ccc2c4cc(C#N)ccc4n(-c4ccccc4)c23)c1. The van der Waals surface area contributed by atoms with Crippen molar-refractivity contribution >= 4 is 65.4 Å². The zero-order valence-corrected chi connectivity index (χ0v) is 26.2. The van der Waals surface area contributed by atoms with Crippen LogP contribution in [0, 0.1) is 22.7 Å². The van der Waals surface area contributed by atoms with Crippen molar-refractivity contribution in [2.24, 2.45) is 0 Å². The summed E-state index contributed by atoms with van der Waals surface area (Å²) in [6.45, 7) is 0. The highest BCUT2D eigenvalue weighted by molar-refractivity contribution is 6.26. The van der Waals surface area contributed by atoms with Crippen molar-refractivity contribution in [1.82, 2.24) is 13.7 Å². The average Bonchev–Trinajstić information content (AvgIpc) is 3.80. The Hall–Kier alpha value is -7.08. The summed E-state index contributed by atoms with van der Waals surface area (Å²) in [5.74, 6) is 0. The molecule has 0 saturated heterocycles. The summed E-state index contributed by atoms with van der Waals surface area (Å²) in [5.41, 5.74) is 11.0. The molecule has 0 radical (unpaired) electrons. The van der Waals surface area contributed by atoms with E-state index < -0.39 is 0 Å². The first kappa shape index (κ1) is 27.1. The Morgan fingerprint density at radius 3 is 1.55 bits per heavy atom. The minimum absolute atomic E-state index is 0.646. The Labute approximate surface area is 280 Å². The Bertz CT molecular complexity index is 3070. The summed E-state index contributed by atoms with van der Waals surface area (Å²) in [6, 6.07) is 57.2. The van der Waals surface area contributed by atoms with E-state index in [1.807, 2.05) is 30.3 Å². The van der Waals surface area contributed by atoms with Gasteiger partial charge in [-0.25, -0.2) is 0 Å². The highest BCUT2D eigenvalue weighted by Crippen LogP contribution is 2.42. The molecule has 0 bridgehead atoms. The van der Waals surface area contributed by atoms with Crippen LogP contribution in [0.2, 0.25) is 0 Å². The van der Waals surface area contributed by atoms with E-state index in [1.165, 1.54) is 0 Å². The predicted molar refractivity (Wildman–Crippen MR) is 199 cm³/mol. The zero-order valence-electron chi connectivity index (χ0n) is 26.2. The van der Waals surface area contributed by atoms with Crippen molar-refractivity contribution in [3.63, 3.8) is 0 Å². The molecule has 0 aliphatic heterocycles. The lowest BCUT2D eigenvalue weighted by atomic mass is 10.1. The number of nitriles is 2. The van der Waals surface area contributed by atoms with Crippen LogP contribution in [-0.4, -0.2) is 13.7 Å².